The molecule has 0 radical (unpaired) electrons. The Morgan fingerprint density at radius 3 is 2.64 bits per heavy atom. The summed E-state index contributed by atoms with van der Waals surface area (Å²) in [5.74, 6) is 1.98. The molecule has 0 atom stereocenters. The first-order chi connectivity index (χ1) is 6.61. The molecule has 5 nitrogen and oxygen atoms in total. The Bertz CT molecular complexity index is 268. The summed E-state index contributed by atoms with van der Waals surface area (Å²) >= 11 is 2.85. The number of ether oxygens (including phenoxy) is 2. The van der Waals surface area contributed by atoms with Crippen LogP contribution in [-0.4, -0.2) is 44.3 Å². The van der Waals surface area contributed by atoms with Gasteiger partial charge >= 0.3 is 12.1 Å². The third kappa shape index (κ3) is 5.43. The van der Waals surface area contributed by atoms with Gasteiger partial charge in [0.2, 0.25) is 0 Å². The number of hydrogen-bond donors (Lipinski definition) is 0. The molecule has 0 aromatic rings. The largest absolute Gasteiger partial charge is 0.468 e. The molecule has 0 heterocycles. The van der Waals surface area contributed by atoms with Gasteiger partial charge < -0.3 is 14.4 Å². The molecule has 6 heteroatoms. The molecule has 0 bridgehead atoms. The maximum Gasteiger partial charge on any atom is 0.410 e. The van der Waals surface area contributed by atoms with Crippen molar-refractivity contribution in [1.29, 1.82) is 0 Å². The van der Waals surface area contributed by atoms with E-state index in [0.29, 0.717) is 0 Å². The number of methoxy groups -OCH3 is 1. The lowest BCUT2D eigenvalue weighted by molar-refractivity contribution is -0.141. The maximum absolute atomic E-state index is 11.1. The van der Waals surface area contributed by atoms with Crippen LogP contribution in [0.3, 0.4) is 0 Å². The van der Waals surface area contributed by atoms with E-state index in [-0.39, 0.29) is 13.2 Å². The normalized spacial score (nSPS) is 8.21. The molecule has 0 aliphatic carbocycles. The Morgan fingerprint density at radius 2 is 2.14 bits per heavy atom. The lowest BCUT2D eigenvalue weighted by Crippen LogP contribution is -2.33. The molecule has 0 aromatic carbocycles. The molecular weight excluding hydrogens is 254 g/mol. The van der Waals surface area contributed by atoms with Crippen molar-refractivity contribution in [2.75, 3.05) is 27.3 Å². The standard InChI is InChI=1S/C8H10BrNO4/c1-10(6-7(11)13-2)8(12)14-5-3-4-9/h5-6H2,1-2H3. The second-order valence-corrected chi connectivity index (χ2v) is 2.65. The van der Waals surface area contributed by atoms with Crippen molar-refractivity contribution < 1.29 is 19.1 Å². The lowest BCUT2D eigenvalue weighted by atomic mass is 10.6. The zero-order valence-electron chi connectivity index (χ0n) is 7.87. The van der Waals surface area contributed by atoms with Crippen molar-refractivity contribution in [3.8, 4) is 10.8 Å². The molecular formula is C8H10BrNO4. The molecule has 0 unspecified atom stereocenters. The average molecular weight is 264 g/mol. The third-order valence-corrected chi connectivity index (χ3v) is 1.52. The second kappa shape index (κ2) is 7.21. The van der Waals surface area contributed by atoms with Gasteiger partial charge in [0.25, 0.3) is 0 Å². The van der Waals surface area contributed by atoms with Gasteiger partial charge in [0, 0.05) is 23.0 Å². The van der Waals surface area contributed by atoms with Gasteiger partial charge in [0.15, 0.2) is 6.61 Å². The highest BCUT2D eigenvalue weighted by Gasteiger charge is 2.13. The molecule has 0 spiro atoms. The van der Waals surface area contributed by atoms with Crippen molar-refractivity contribution in [2.45, 2.75) is 0 Å². The summed E-state index contributed by atoms with van der Waals surface area (Å²) in [6.07, 6.45) is -0.620. The van der Waals surface area contributed by atoms with E-state index in [1.165, 1.54) is 14.2 Å². The Kier molecular flexibility index (Phi) is 6.58. The zero-order valence-corrected chi connectivity index (χ0v) is 9.46. The molecule has 78 valence electrons. The fourth-order valence-electron chi connectivity index (χ4n) is 0.558. The summed E-state index contributed by atoms with van der Waals surface area (Å²) in [5, 5.41) is 0. The van der Waals surface area contributed by atoms with Crippen molar-refractivity contribution >= 4 is 28.0 Å². The highest BCUT2D eigenvalue weighted by Crippen LogP contribution is 1.90. The molecule has 0 aliphatic heterocycles. The van der Waals surface area contributed by atoms with Gasteiger partial charge in [-0.1, -0.05) is 0 Å². The van der Waals surface area contributed by atoms with Gasteiger partial charge in [-0.25, -0.2) is 4.79 Å². The monoisotopic (exact) mass is 263 g/mol. The number of esters is 1. The van der Waals surface area contributed by atoms with Gasteiger partial charge in [-0.15, -0.1) is 0 Å². The molecule has 0 saturated carbocycles. The van der Waals surface area contributed by atoms with E-state index in [4.69, 9.17) is 0 Å². The van der Waals surface area contributed by atoms with E-state index in [1.54, 1.807) is 0 Å². The first-order valence-electron chi connectivity index (χ1n) is 3.65. The summed E-state index contributed by atoms with van der Waals surface area (Å²) in [4.78, 5) is 25.3. The van der Waals surface area contributed by atoms with E-state index in [9.17, 15) is 9.59 Å². The average Bonchev–Trinajstić information content (AvgIpc) is 2.17. The third-order valence-electron chi connectivity index (χ3n) is 1.24. The van der Waals surface area contributed by atoms with Crippen LogP contribution >= 0.6 is 15.9 Å². The van der Waals surface area contributed by atoms with E-state index in [0.717, 1.165) is 4.90 Å². The quantitative estimate of drug-likeness (QED) is 0.552. The van der Waals surface area contributed by atoms with Gasteiger partial charge in [-0.3, -0.25) is 4.79 Å². The van der Waals surface area contributed by atoms with E-state index in [2.05, 4.69) is 36.2 Å². The summed E-state index contributed by atoms with van der Waals surface area (Å²) in [6, 6.07) is 0. The number of hydrogen-bond acceptors (Lipinski definition) is 4. The minimum atomic E-state index is -0.620. The van der Waals surface area contributed by atoms with Crippen LogP contribution in [0.25, 0.3) is 0 Å². The molecule has 0 N–H and O–H groups in total. The van der Waals surface area contributed by atoms with Gasteiger partial charge in [-0.2, -0.15) is 0 Å². The van der Waals surface area contributed by atoms with Crippen LogP contribution in [0.5, 0.6) is 0 Å². The fraction of sp³-hybridized carbons (Fsp3) is 0.500. The molecule has 0 rings (SSSR count). The SMILES string of the molecule is COC(=O)CN(C)C(=O)OCC#CBr. The molecule has 14 heavy (non-hydrogen) atoms. The number of carbonyl (C=O) groups is 2. The number of carbonyl (C=O) groups excluding carboxylic acids is 2. The van der Waals surface area contributed by atoms with E-state index >= 15 is 0 Å². The Hall–Kier alpha value is -1.22. The van der Waals surface area contributed by atoms with Crippen LogP contribution in [-0.2, 0) is 14.3 Å². The first kappa shape index (κ1) is 12.8. The highest BCUT2D eigenvalue weighted by molar-refractivity contribution is 9.12. The Labute approximate surface area is 90.5 Å². The number of halogens is 1. The molecule has 0 saturated heterocycles. The van der Waals surface area contributed by atoms with Crippen molar-refractivity contribution in [3.05, 3.63) is 0 Å². The molecule has 0 fully saturated rings. The molecule has 1 amide bonds. The summed E-state index contributed by atoms with van der Waals surface area (Å²) < 4.78 is 9.04. The summed E-state index contributed by atoms with van der Waals surface area (Å²) in [7, 11) is 2.68. The minimum absolute atomic E-state index is 0.0183. The zero-order chi connectivity index (χ0) is 11.0. The molecule has 0 aromatic heterocycles. The van der Waals surface area contributed by atoms with Crippen LogP contribution in [0, 0.1) is 10.8 Å². The van der Waals surface area contributed by atoms with Gasteiger partial charge in [0.1, 0.15) is 6.54 Å². The van der Waals surface area contributed by atoms with Gasteiger partial charge in [-0.05, 0) is 10.8 Å². The highest BCUT2D eigenvalue weighted by atomic mass is 79.9. The van der Waals surface area contributed by atoms with Gasteiger partial charge in [0.05, 0.1) is 7.11 Å². The van der Waals surface area contributed by atoms with Crippen LogP contribution < -0.4 is 0 Å². The van der Waals surface area contributed by atoms with Crippen LogP contribution in [0.15, 0.2) is 0 Å². The summed E-state index contributed by atoms with van der Waals surface area (Å²) in [5.41, 5.74) is 0. The van der Waals surface area contributed by atoms with Crippen molar-refractivity contribution in [2.24, 2.45) is 0 Å². The van der Waals surface area contributed by atoms with E-state index < -0.39 is 12.1 Å². The number of likely N-dealkylation sites (N-methyl/N-ethyl adjacent to an activating group) is 1. The number of rotatable bonds is 3. The lowest BCUT2D eigenvalue weighted by Gasteiger charge is -2.13. The Morgan fingerprint density at radius 1 is 1.50 bits per heavy atom. The first-order valence-corrected chi connectivity index (χ1v) is 4.44. The fourth-order valence-corrected chi connectivity index (χ4v) is 0.673. The number of nitrogens with zero attached hydrogens (tertiary/aromatic N) is 1. The Balaban J connectivity index is 3.85. The minimum Gasteiger partial charge on any atom is -0.468 e. The second-order valence-electron chi connectivity index (χ2n) is 2.26. The van der Waals surface area contributed by atoms with E-state index in [1.807, 2.05) is 0 Å². The molecule has 0 aliphatic rings. The van der Waals surface area contributed by atoms with Crippen LogP contribution in [0.1, 0.15) is 0 Å². The summed E-state index contributed by atoms with van der Waals surface area (Å²) in [6.45, 7) is -0.160. The van der Waals surface area contributed by atoms with Crippen LogP contribution in [0.4, 0.5) is 4.79 Å². The number of amides is 1. The maximum atomic E-state index is 11.1. The smallest absolute Gasteiger partial charge is 0.410 e. The van der Waals surface area contributed by atoms with Crippen molar-refractivity contribution in [1.82, 2.24) is 4.90 Å². The van der Waals surface area contributed by atoms with Crippen LogP contribution in [0.2, 0.25) is 0 Å². The van der Waals surface area contributed by atoms with Crippen molar-refractivity contribution in [3.63, 3.8) is 0 Å². The predicted octanol–water partition coefficient (Wildman–Crippen LogP) is 0.584. The predicted molar refractivity (Wildman–Crippen MR) is 52.7 cm³/mol. The topological polar surface area (TPSA) is 55.8 Å².